The van der Waals surface area contributed by atoms with Crippen molar-refractivity contribution in [3.63, 3.8) is 0 Å². The molecule has 5 heteroatoms. The van der Waals surface area contributed by atoms with E-state index in [1.807, 2.05) is 19.1 Å². The maximum atomic E-state index is 12.5. The smallest absolute Gasteiger partial charge is 0.241 e. The molecule has 1 aliphatic carbocycles. The first-order valence-electron chi connectivity index (χ1n) is 7.68. The largest absolute Gasteiger partial charge is 0.310 e. The average molecular weight is 310 g/mol. The van der Waals surface area contributed by atoms with Crippen molar-refractivity contribution in [2.75, 3.05) is 0 Å². The van der Waals surface area contributed by atoms with Gasteiger partial charge in [0.25, 0.3) is 0 Å². The van der Waals surface area contributed by atoms with Crippen molar-refractivity contribution in [2.24, 2.45) is 5.92 Å². The first-order valence-corrected chi connectivity index (χ1v) is 9.17. The fourth-order valence-electron chi connectivity index (χ4n) is 2.47. The molecule has 2 unspecified atom stereocenters. The molecule has 0 spiro atoms. The van der Waals surface area contributed by atoms with Gasteiger partial charge in [-0.25, -0.2) is 13.1 Å². The summed E-state index contributed by atoms with van der Waals surface area (Å²) in [7, 11) is -3.41. The number of hydrogen-bond acceptors (Lipinski definition) is 3. The van der Waals surface area contributed by atoms with Gasteiger partial charge in [0.05, 0.1) is 4.90 Å². The number of sulfonamides is 1. The van der Waals surface area contributed by atoms with Crippen LogP contribution in [-0.2, 0) is 16.6 Å². The lowest BCUT2D eigenvalue weighted by Crippen LogP contribution is -2.28. The van der Waals surface area contributed by atoms with Gasteiger partial charge in [-0.15, -0.1) is 0 Å². The molecule has 0 aromatic heterocycles. The Labute approximate surface area is 128 Å². The van der Waals surface area contributed by atoms with Gasteiger partial charge >= 0.3 is 0 Å². The van der Waals surface area contributed by atoms with Gasteiger partial charge in [0, 0.05) is 18.6 Å². The molecule has 2 rings (SSSR count). The van der Waals surface area contributed by atoms with E-state index in [1.54, 1.807) is 6.07 Å². The van der Waals surface area contributed by atoms with Crippen molar-refractivity contribution >= 4 is 10.0 Å². The van der Waals surface area contributed by atoms with E-state index in [4.69, 9.17) is 0 Å². The number of benzene rings is 1. The van der Waals surface area contributed by atoms with E-state index in [9.17, 15) is 8.42 Å². The Morgan fingerprint density at radius 1 is 1.33 bits per heavy atom. The lowest BCUT2D eigenvalue weighted by molar-refractivity contribution is 0.573. The molecule has 1 aliphatic rings. The van der Waals surface area contributed by atoms with Crippen LogP contribution in [0.25, 0.3) is 0 Å². The summed E-state index contributed by atoms with van der Waals surface area (Å²) in [6, 6.07) is 6.15. The molecule has 1 aromatic carbocycles. The lowest BCUT2D eigenvalue weighted by Gasteiger charge is -2.13. The highest BCUT2D eigenvalue weighted by molar-refractivity contribution is 7.89. The van der Waals surface area contributed by atoms with Crippen molar-refractivity contribution < 1.29 is 8.42 Å². The van der Waals surface area contributed by atoms with Gasteiger partial charge < -0.3 is 5.32 Å². The molecule has 2 N–H and O–H groups in total. The normalized spacial score (nSPS) is 21.8. The first-order chi connectivity index (χ1) is 9.83. The van der Waals surface area contributed by atoms with Crippen LogP contribution in [0.1, 0.15) is 44.7 Å². The summed E-state index contributed by atoms with van der Waals surface area (Å²) in [6.07, 6.45) is 1.99. The zero-order valence-electron chi connectivity index (χ0n) is 13.3. The van der Waals surface area contributed by atoms with Gasteiger partial charge in [-0.1, -0.05) is 39.3 Å². The van der Waals surface area contributed by atoms with Crippen LogP contribution >= 0.6 is 0 Å². The van der Waals surface area contributed by atoms with Crippen LogP contribution in [0.3, 0.4) is 0 Å². The van der Waals surface area contributed by atoms with Gasteiger partial charge in [0.1, 0.15) is 0 Å². The molecule has 2 atom stereocenters. The zero-order valence-corrected chi connectivity index (χ0v) is 14.1. The average Bonchev–Trinajstić information content (AvgIpc) is 3.15. The topological polar surface area (TPSA) is 58.2 Å². The zero-order chi connectivity index (χ0) is 15.6. The Hall–Kier alpha value is -0.910. The van der Waals surface area contributed by atoms with E-state index in [1.165, 1.54) is 0 Å². The van der Waals surface area contributed by atoms with Crippen LogP contribution in [0, 0.1) is 12.8 Å². The minimum atomic E-state index is -3.41. The van der Waals surface area contributed by atoms with E-state index in [-0.39, 0.29) is 6.04 Å². The molecule has 0 aliphatic heterocycles. The van der Waals surface area contributed by atoms with Crippen LogP contribution in [-0.4, -0.2) is 20.5 Å². The Morgan fingerprint density at radius 3 is 2.62 bits per heavy atom. The monoisotopic (exact) mass is 310 g/mol. The summed E-state index contributed by atoms with van der Waals surface area (Å²) in [4.78, 5) is 0.410. The Balaban J connectivity index is 2.15. The molecular formula is C16H26N2O2S. The molecule has 0 heterocycles. The number of nitrogens with one attached hydrogen (secondary N) is 2. The highest BCUT2D eigenvalue weighted by Crippen LogP contribution is 2.34. The summed E-state index contributed by atoms with van der Waals surface area (Å²) < 4.78 is 27.9. The van der Waals surface area contributed by atoms with E-state index in [0.29, 0.717) is 23.4 Å². The van der Waals surface area contributed by atoms with Crippen LogP contribution in [0.5, 0.6) is 0 Å². The minimum absolute atomic E-state index is 0.122. The highest BCUT2D eigenvalue weighted by Gasteiger charge is 2.38. The fraction of sp³-hybridized carbons (Fsp3) is 0.625. The molecule has 1 aromatic rings. The van der Waals surface area contributed by atoms with Crippen molar-refractivity contribution in [3.8, 4) is 0 Å². The Kier molecular flexibility index (Phi) is 5.07. The van der Waals surface area contributed by atoms with Crippen LogP contribution in [0.15, 0.2) is 23.1 Å². The third-order valence-electron chi connectivity index (χ3n) is 4.01. The fourth-order valence-corrected chi connectivity index (χ4v) is 4.08. The molecule has 0 saturated heterocycles. The molecule has 0 amide bonds. The van der Waals surface area contributed by atoms with Crippen molar-refractivity contribution in [1.29, 1.82) is 0 Å². The third-order valence-corrected chi connectivity index (χ3v) is 5.64. The number of rotatable bonds is 7. The summed E-state index contributed by atoms with van der Waals surface area (Å²) >= 11 is 0. The summed E-state index contributed by atoms with van der Waals surface area (Å²) in [5, 5.41) is 3.31. The highest BCUT2D eigenvalue weighted by atomic mass is 32.2. The SMILES string of the molecule is CCC1CC1NS(=O)(=O)c1cc(CNC(C)C)ccc1C. The van der Waals surface area contributed by atoms with Crippen LogP contribution in [0.4, 0.5) is 0 Å². The molecule has 118 valence electrons. The second-order valence-electron chi connectivity index (χ2n) is 6.27. The van der Waals surface area contributed by atoms with Gasteiger partial charge in [0.2, 0.25) is 10.0 Å². The van der Waals surface area contributed by atoms with Crippen molar-refractivity contribution in [1.82, 2.24) is 10.0 Å². The van der Waals surface area contributed by atoms with E-state index >= 15 is 0 Å². The van der Waals surface area contributed by atoms with Crippen molar-refractivity contribution in [3.05, 3.63) is 29.3 Å². The second kappa shape index (κ2) is 6.46. The van der Waals surface area contributed by atoms with Gasteiger partial charge in [0.15, 0.2) is 0 Å². The standard InChI is InChI=1S/C16H26N2O2S/c1-5-14-9-15(14)18-21(19,20)16-8-13(7-6-12(16)4)10-17-11(2)3/h6-8,11,14-15,17-18H,5,9-10H2,1-4H3. The number of aryl methyl sites for hydroxylation is 1. The van der Waals surface area contributed by atoms with Crippen LogP contribution in [0.2, 0.25) is 0 Å². The summed E-state index contributed by atoms with van der Waals surface area (Å²) in [5.41, 5.74) is 1.79. The molecule has 0 radical (unpaired) electrons. The maximum Gasteiger partial charge on any atom is 0.241 e. The summed E-state index contributed by atoms with van der Waals surface area (Å²) in [6.45, 7) is 8.78. The second-order valence-corrected chi connectivity index (χ2v) is 7.95. The van der Waals surface area contributed by atoms with Crippen molar-refractivity contribution in [2.45, 2.75) is 64.1 Å². The van der Waals surface area contributed by atoms with E-state index in [0.717, 1.165) is 24.0 Å². The number of hydrogen-bond donors (Lipinski definition) is 2. The summed E-state index contributed by atoms with van der Waals surface area (Å²) in [5.74, 6) is 0.505. The Bertz CT molecular complexity index is 596. The van der Waals surface area contributed by atoms with Gasteiger partial charge in [-0.3, -0.25) is 0 Å². The first kappa shape index (κ1) is 16.5. The third kappa shape index (κ3) is 4.28. The molecule has 1 fully saturated rings. The quantitative estimate of drug-likeness (QED) is 0.814. The molecule has 21 heavy (non-hydrogen) atoms. The molecule has 4 nitrogen and oxygen atoms in total. The molecule has 1 saturated carbocycles. The predicted octanol–water partition coefficient (Wildman–Crippen LogP) is 2.57. The molecule has 0 bridgehead atoms. The van der Waals surface area contributed by atoms with Crippen LogP contribution < -0.4 is 10.0 Å². The van der Waals surface area contributed by atoms with Gasteiger partial charge in [-0.05, 0) is 36.5 Å². The minimum Gasteiger partial charge on any atom is -0.310 e. The predicted molar refractivity (Wildman–Crippen MR) is 85.7 cm³/mol. The molecular weight excluding hydrogens is 284 g/mol. The van der Waals surface area contributed by atoms with E-state index in [2.05, 4.69) is 30.8 Å². The van der Waals surface area contributed by atoms with E-state index < -0.39 is 10.0 Å². The van der Waals surface area contributed by atoms with Gasteiger partial charge in [-0.2, -0.15) is 0 Å². The maximum absolute atomic E-state index is 12.5. The Morgan fingerprint density at radius 2 is 2.05 bits per heavy atom. The lowest BCUT2D eigenvalue weighted by atomic mass is 10.1.